The number of amides is 1. The number of nitrogens with two attached hydrogens (primary N) is 1. The topological polar surface area (TPSA) is 86.2 Å². The summed E-state index contributed by atoms with van der Waals surface area (Å²) in [5, 5.41) is 10.8. The smallest absolute Gasteiger partial charge is 0.366 e. The van der Waals surface area contributed by atoms with E-state index < -0.39 is 33.8 Å². The zero-order valence-electron chi connectivity index (χ0n) is 9.46. The van der Waals surface area contributed by atoms with Gasteiger partial charge in [0, 0.05) is 11.1 Å². The molecule has 1 aromatic rings. The summed E-state index contributed by atoms with van der Waals surface area (Å²) in [6.07, 6.45) is -4.87. The van der Waals surface area contributed by atoms with Gasteiger partial charge in [0.05, 0.1) is 4.92 Å². The molecule has 1 amide bonds. The molecule has 0 atom stereocenters. The molecule has 8 heteroatoms. The van der Waals surface area contributed by atoms with Gasteiger partial charge in [-0.05, 0) is 25.5 Å². The molecule has 2 N–H and O–H groups in total. The van der Waals surface area contributed by atoms with Crippen LogP contribution in [0.1, 0.15) is 27.0 Å². The van der Waals surface area contributed by atoms with Gasteiger partial charge in [0.15, 0.2) is 0 Å². The van der Waals surface area contributed by atoms with Crippen LogP contribution in [-0.4, -0.2) is 10.8 Å². The van der Waals surface area contributed by atoms with Crippen LogP contribution >= 0.6 is 0 Å². The van der Waals surface area contributed by atoms with E-state index in [2.05, 4.69) is 0 Å². The van der Waals surface area contributed by atoms with Gasteiger partial charge in [-0.1, -0.05) is 0 Å². The molecule has 0 unspecified atom stereocenters. The quantitative estimate of drug-likeness (QED) is 0.655. The Kier molecular flexibility index (Phi) is 3.32. The van der Waals surface area contributed by atoms with Gasteiger partial charge in [0.2, 0.25) is 5.91 Å². The molecular formula is C10H9F3N2O3. The summed E-state index contributed by atoms with van der Waals surface area (Å²) in [5.74, 6) is -1.01. The summed E-state index contributed by atoms with van der Waals surface area (Å²) < 4.78 is 38.3. The SMILES string of the molecule is Cc1cc(C(N)=O)c(C)c([N+](=O)[O-])c1C(F)(F)F. The molecule has 0 radical (unpaired) electrons. The Balaban J connectivity index is 3.80. The molecule has 0 aliphatic carbocycles. The third kappa shape index (κ3) is 2.27. The van der Waals surface area contributed by atoms with Gasteiger partial charge >= 0.3 is 6.18 Å². The highest BCUT2D eigenvalue weighted by Crippen LogP contribution is 2.41. The number of hydrogen-bond donors (Lipinski definition) is 1. The first-order valence-corrected chi connectivity index (χ1v) is 4.73. The van der Waals surface area contributed by atoms with Crippen LogP contribution in [-0.2, 0) is 6.18 Å². The van der Waals surface area contributed by atoms with Crippen LogP contribution in [0.25, 0.3) is 0 Å². The minimum Gasteiger partial charge on any atom is -0.366 e. The van der Waals surface area contributed by atoms with Crippen molar-refractivity contribution in [2.24, 2.45) is 5.73 Å². The number of alkyl halides is 3. The molecule has 5 nitrogen and oxygen atoms in total. The second-order valence-corrected chi connectivity index (χ2v) is 3.71. The summed E-state index contributed by atoms with van der Waals surface area (Å²) in [5.41, 5.74) is 1.41. The molecule has 0 saturated heterocycles. The number of rotatable bonds is 2. The third-order valence-electron chi connectivity index (χ3n) is 2.48. The van der Waals surface area contributed by atoms with Crippen LogP contribution in [0.4, 0.5) is 18.9 Å². The highest BCUT2D eigenvalue weighted by molar-refractivity contribution is 5.96. The number of benzene rings is 1. The van der Waals surface area contributed by atoms with Gasteiger partial charge in [-0.2, -0.15) is 13.2 Å². The fourth-order valence-corrected chi connectivity index (χ4v) is 1.74. The molecule has 18 heavy (non-hydrogen) atoms. The van der Waals surface area contributed by atoms with Gasteiger partial charge in [0.25, 0.3) is 5.69 Å². The van der Waals surface area contributed by atoms with E-state index in [0.717, 1.165) is 19.9 Å². The van der Waals surface area contributed by atoms with Crippen molar-refractivity contribution in [3.05, 3.63) is 38.4 Å². The fourth-order valence-electron chi connectivity index (χ4n) is 1.74. The minimum absolute atomic E-state index is 0.285. The highest BCUT2D eigenvalue weighted by atomic mass is 19.4. The fraction of sp³-hybridized carbons (Fsp3) is 0.300. The lowest BCUT2D eigenvalue weighted by atomic mass is 9.96. The first kappa shape index (κ1) is 13.9. The van der Waals surface area contributed by atoms with Crippen molar-refractivity contribution in [1.82, 2.24) is 0 Å². The molecule has 0 aliphatic rings. The number of nitro groups is 1. The van der Waals surface area contributed by atoms with Gasteiger partial charge in [0.1, 0.15) is 5.56 Å². The third-order valence-corrected chi connectivity index (χ3v) is 2.48. The summed E-state index contributed by atoms with van der Waals surface area (Å²) in [6.45, 7) is 2.11. The van der Waals surface area contributed by atoms with E-state index in [1.54, 1.807) is 0 Å². The van der Waals surface area contributed by atoms with Crippen LogP contribution in [0.2, 0.25) is 0 Å². The van der Waals surface area contributed by atoms with Crippen LogP contribution in [0.5, 0.6) is 0 Å². The molecular weight excluding hydrogens is 253 g/mol. The lowest BCUT2D eigenvalue weighted by molar-refractivity contribution is -0.388. The first-order valence-electron chi connectivity index (χ1n) is 4.73. The van der Waals surface area contributed by atoms with E-state index in [0.29, 0.717) is 0 Å². The zero-order chi connectivity index (χ0) is 14.2. The largest absolute Gasteiger partial charge is 0.423 e. The van der Waals surface area contributed by atoms with Crippen molar-refractivity contribution >= 4 is 11.6 Å². The Hall–Kier alpha value is -2.12. The van der Waals surface area contributed by atoms with Crippen molar-refractivity contribution in [3.63, 3.8) is 0 Å². The molecule has 0 saturated carbocycles. The minimum atomic E-state index is -4.87. The Morgan fingerprint density at radius 1 is 1.39 bits per heavy atom. The van der Waals surface area contributed by atoms with Crippen LogP contribution in [0, 0.1) is 24.0 Å². The Labute approximate surface area is 99.5 Å². The average molecular weight is 262 g/mol. The predicted octanol–water partition coefficient (Wildman–Crippen LogP) is 2.33. The predicted molar refractivity (Wildman–Crippen MR) is 56.1 cm³/mol. The van der Waals surface area contributed by atoms with Crippen LogP contribution < -0.4 is 5.73 Å². The molecule has 0 bridgehead atoms. The van der Waals surface area contributed by atoms with Crippen molar-refractivity contribution in [1.29, 1.82) is 0 Å². The number of carbonyl (C=O) groups is 1. The highest BCUT2D eigenvalue weighted by Gasteiger charge is 2.42. The lowest BCUT2D eigenvalue weighted by Gasteiger charge is -2.14. The van der Waals surface area contributed by atoms with Gasteiger partial charge in [-0.15, -0.1) is 0 Å². The summed E-state index contributed by atoms with van der Waals surface area (Å²) in [4.78, 5) is 20.6. The normalized spacial score (nSPS) is 11.4. The first-order chi connectivity index (χ1) is 8.07. The number of primary amides is 1. The number of hydrogen-bond acceptors (Lipinski definition) is 3. The Morgan fingerprint density at radius 3 is 2.22 bits per heavy atom. The Morgan fingerprint density at radius 2 is 1.89 bits per heavy atom. The van der Waals surface area contributed by atoms with E-state index in [1.165, 1.54) is 0 Å². The second kappa shape index (κ2) is 4.28. The maximum Gasteiger partial charge on any atom is 0.423 e. The van der Waals surface area contributed by atoms with E-state index in [4.69, 9.17) is 5.73 Å². The molecule has 0 heterocycles. The summed E-state index contributed by atoms with van der Waals surface area (Å²) >= 11 is 0. The zero-order valence-corrected chi connectivity index (χ0v) is 9.46. The van der Waals surface area contributed by atoms with Crippen molar-refractivity contribution in [2.45, 2.75) is 20.0 Å². The van der Waals surface area contributed by atoms with Crippen molar-refractivity contribution in [3.8, 4) is 0 Å². The second-order valence-electron chi connectivity index (χ2n) is 3.71. The van der Waals surface area contributed by atoms with Crippen LogP contribution in [0.15, 0.2) is 6.07 Å². The number of carbonyl (C=O) groups excluding carboxylic acids is 1. The molecule has 0 fully saturated rings. The van der Waals surface area contributed by atoms with E-state index in [-0.39, 0.29) is 11.1 Å². The molecule has 98 valence electrons. The molecule has 1 aromatic carbocycles. The van der Waals surface area contributed by atoms with Crippen LogP contribution in [0.3, 0.4) is 0 Å². The van der Waals surface area contributed by atoms with Gasteiger partial charge < -0.3 is 5.73 Å². The molecule has 1 rings (SSSR count). The van der Waals surface area contributed by atoms with E-state index >= 15 is 0 Å². The van der Waals surface area contributed by atoms with Crippen molar-refractivity contribution < 1.29 is 22.9 Å². The molecule has 0 spiro atoms. The molecule has 0 aromatic heterocycles. The number of halogens is 3. The summed E-state index contributed by atoms with van der Waals surface area (Å²) in [7, 11) is 0. The monoisotopic (exact) mass is 262 g/mol. The van der Waals surface area contributed by atoms with E-state index in [1.807, 2.05) is 0 Å². The average Bonchev–Trinajstić information content (AvgIpc) is 2.17. The standard InChI is InChI=1S/C10H9F3N2O3/c1-4-3-6(9(14)16)5(2)8(15(17)18)7(4)10(11,12)13/h3H,1-2H3,(H2,14,16). The maximum absolute atomic E-state index is 12.8. The maximum atomic E-state index is 12.8. The summed E-state index contributed by atoms with van der Waals surface area (Å²) in [6, 6.07) is 0.910. The lowest BCUT2D eigenvalue weighted by Crippen LogP contribution is -2.18. The number of nitrogens with zero attached hydrogens (tertiary/aromatic N) is 1. The Bertz CT molecular complexity index is 538. The molecule has 0 aliphatic heterocycles. The van der Waals surface area contributed by atoms with E-state index in [9.17, 15) is 28.1 Å². The number of nitro benzene ring substituents is 1. The van der Waals surface area contributed by atoms with Crippen molar-refractivity contribution in [2.75, 3.05) is 0 Å². The van der Waals surface area contributed by atoms with Gasteiger partial charge in [-0.25, -0.2) is 0 Å². The number of aryl methyl sites for hydroxylation is 1. The van der Waals surface area contributed by atoms with Gasteiger partial charge in [-0.3, -0.25) is 14.9 Å².